The number of alkyl halides is 3. The summed E-state index contributed by atoms with van der Waals surface area (Å²) in [6, 6.07) is 4.07. The maximum Gasteiger partial charge on any atom is 0.418 e. The molecule has 0 aliphatic rings. The normalized spacial score (nSPS) is 12.2. The predicted octanol–water partition coefficient (Wildman–Crippen LogP) is 3.78. The van der Waals surface area contributed by atoms with Crippen LogP contribution < -0.4 is 5.32 Å². The first-order valence-corrected chi connectivity index (χ1v) is 5.90. The summed E-state index contributed by atoms with van der Waals surface area (Å²) >= 11 is 0. The van der Waals surface area contributed by atoms with Gasteiger partial charge in [0.1, 0.15) is 11.6 Å². The first-order chi connectivity index (χ1) is 8.79. The van der Waals surface area contributed by atoms with E-state index in [0.717, 1.165) is 6.07 Å². The number of anilines is 1. The molecule has 0 radical (unpaired) electrons. The smallest absolute Gasteiger partial charge is 0.367 e. The fourth-order valence-electron chi connectivity index (χ4n) is 1.88. The topological polar surface area (TPSA) is 37.8 Å². The highest BCUT2D eigenvalue weighted by Crippen LogP contribution is 2.35. The summed E-state index contributed by atoms with van der Waals surface area (Å²) in [5, 5.41) is 3.43. The van der Waals surface area contributed by atoms with Crippen molar-refractivity contribution in [1.29, 1.82) is 0 Å². The van der Waals surface area contributed by atoms with Crippen LogP contribution in [0.25, 0.3) is 10.9 Å². The molecule has 3 nitrogen and oxygen atoms in total. The molecule has 1 aromatic heterocycles. The predicted molar refractivity (Wildman–Crippen MR) is 68.0 cm³/mol. The summed E-state index contributed by atoms with van der Waals surface area (Å²) in [6.45, 7) is 5.38. The summed E-state index contributed by atoms with van der Waals surface area (Å²) in [5.74, 6) is 0.746. The summed E-state index contributed by atoms with van der Waals surface area (Å²) in [5.41, 5.74) is -0.798. The molecule has 0 fully saturated rings. The SMILES string of the molecule is Cc1nc(NC(C)C)c2cccc(C(F)(F)F)c2n1. The van der Waals surface area contributed by atoms with E-state index in [9.17, 15) is 13.2 Å². The van der Waals surface area contributed by atoms with E-state index >= 15 is 0 Å². The number of fused-ring (bicyclic) bond motifs is 1. The molecule has 0 atom stereocenters. The van der Waals surface area contributed by atoms with Gasteiger partial charge in [-0.15, -0.1) is 0 Å². The second-order valence-corrected chi connectivity index (χ2v) is 4.62. The Kier molecular flexibility index (Phi) is 3.34. The van der Waals surface area contributed by atoms with Gasteiger partial charge in [-0.25, -0.2) is 9.97 Å². The van der Waals surface area contributed by atoms with Crippen LogP contribution in [0.1, 0.15) is 25.2 Å². The van der Waals surface area contributed by atoms with Crippen LogP contribution in [0.2, 0.25) is 0 Å². The molecule has 0 spiro atoms. The number of nitrogens with one attached hydrogen (secondary N) is 1. The van der Waals surface area contributed by atoms with Gasteiger partial charge in [-0.1, -0.05) is 6.07 Å². The highest BCUT2D eigenvalue weighted by molar-refractivity contribution is 5.91. The Morgan fingerprint density at radius 3 is 2.42 bits per heavy atom. The number of rotatable bonds is 2. The van der Waals surface area contributed by atoms with Gasteiger partial charge in [0.15, 0.2) is 0 Å². The molecule has 1 N–H and O–H groups in total. The third-order valence-electron chi connectivity index (χ3n) is 2.57. The lowest BCUT2D eigenvalue weighted by Crippen LogP contribution is -2.14. The molecule has 1 aromatic carbocycles. The molecule has 2 aromatic rings. The van der Waals surface area contributed by atoms with Gasteiger partial charge in [-0.05, 0) is 32.9 Å². The van der Waals surface area contributed by atoms with Gasteiger partial charge < -0.3 is 5.32 Å². The lowest BCUT2D eigenvalue weighted by molar-refractivity contribution is -0.136. The van der Waals surface area contributed by atoms with Crippen LogP contribution in [0.5, 0.6) is 0 Å². The number of aryl methyl sites for hydroxylation is 1. The zero-order valence-corrected chi connectivity index (χ0v) is 10.8. The molecule has 19 heavy (non-hydrogen) atoms. The molecular formula is C13H14F3N3. The number of hydrogen-bond acceptors (Lipinski definition) is 3. The zero-order valence-electron chi connectivity index (χ0n) is 10.8. The van der Waals surface area contributed by atoms with E-state index in [2.05, 4.69) is 15.3 Å². The summed E-state index contributed by atoms with van der Waals surface area (Å²) < 4.78 is 38.9. The van der Waals surface area contributed by atoms with Gasteiger partial charge >= 0.3 is 6.18 Å². The molecular weight excluding hydrogens is 255 g/mol. The number of hydrogen-bond donors (Lipinski definition) is 1. The average Bonchev–Trinajstić information content (AvgIpc) is 2.25. The van der Waals surface area contributed by atoms with E-state index in [-0.39, 0.29) is 11.6 Å². The Bertz CT molecular complexity index is 606. The minimum Gasteiger partial charge on any atom is -0.367 e. The van der Waals surface area contributed by atoms with E-state index in [1.807, 2.05) is 13.8 Å². The van der Waals surface area contributed by atoms with Crippen LogP contribution in [0.3, 0.4) is 0 Å². The van der Waals surface area contributed by atoms with Crippen LogP contribution in [0.4, 0.5) is 19.0 Å². The Labute approximate surface area is 108 Å². The fraction of sp³-hybridized carbons (Fsp3) is 0.385. The molecule has 0 bridgehead atoms. The van der Waals surface area contributed by atoms with Crippen LogP contribution in [0, 0.1) is 6.92 Å². The van der Waals surface area contributed by atoms with Crippen LogP contribution in [-0.4, -0.2) is 16.0 Å². The Morgan fingerprint density at radius 1 is 1.16 bits per heavy atom. The number of aromatic nitrogens is 2. The maximum absolute atomic E-state index is 13.0. The average molecular weight is 269 g/mol. The van der Waals surface area contributed by atoms with E-state index < -0.39 is 11.7 Å². The van der Waals surface area contributed by atoms with Crippen molar-refractivity contribution >= 4 is 16.7 Å². The zero-order chi connectivity index (χ0) is 14.2. The third-order valence-corrected chi connectivity index (χ3v) is 2.57. The van der Waals surface area contributed by atoms with Crippen molar-refractivity contribution < 1.29 is 13.2 Å². The molecule has 6 heteroatoms. The molecule has 1 heterocycles. The lowest BCUT2D eigenvalue weighted by atomic mass is 10.1. The Hall–Kier alpha value is -1.85. The largest absolute Gasteiger partial charge is 0.418 e. The van der Waals surface area contributed by atoms with E-state index in [1.165, 1.54) is 6.07 Å². The molecule has 0 unspecified atom stereocenters. The molecule has 0 saturated heterocycles. The number of nitrogens with zero attached hydrogens (tertiary/aromatic N) is 2. The minimum atomic E-state index is -4.42. The van der Waals surface area contributed by atoms with Crippen LogP contribution >= 0.6 is 0 Å². The van der Waals surface area contributed by atoms with Gasteiger partial charge in [-0.2, -0.15) is 13.2 Å². The van der Waals surface area contributed by atoms with E-state index in [1.54, 1.807) is 13.0 Å². The fourth-order valence-corrected chi connectivity index (χ4v) is 1.88. The molecule has 0 amide bonds. The first kappa shape index (κ1) is 13.6. The van der Waals surface area contributed by atoms with Gasteiger partial charge in [-0.3, -0.25) is 0 Å². The van der Waals surface area contributed by atoms with Crippen molar-refractivity contribution in [2.75, 3.05) is 5.32 Å². The summed E-state index contributed by atoms with van der Waals surface area (Å²) in [4.78, 5) is 8.11. The van der Waals surface area contributed by atoms with Gasteiger partial charge in [0.25, 0.3) is 0 Å². The van der Waals surface area contributed by atoms with E-state index in [0.29, 0.717) is 17.0 Å². The minimum absolute atomic E-state index is 0.0642. The van der Waals surface area contributed by atoms with Crippen LogP contribution in [0.15, 0.2) is 18.2 Å². The molecule has 0 aliphatic heterocycles. The molecule has 0 saturated carbocycles. The number of para-hydroxylation sites is 1. The van der Waals surface area contributed by atoms with Crippen molar-refractivity contribution in [3.8, 4) is 0 Å². The Balaban J connectivity index is 2.74. The second-order valence-electron chi connectivity index (χ2n) is 4.62. The number of halogens is 3. The Morgan fingerprint density at radius 2 is 1.84 bits per heavy atom. The van der Waals surface area contributed by atoms with Crippen molar-refractivity contribution in [3.63, 3.8) is 0 Å². The van der Waals surface area contributed by atoms with Crippen molar-refractivity contribution in [1.82, 2.24) is 9.97 Å². The van der Waals surface area contributed by atoms with Crippen molar-refractivity contribution in [2.45, 2.75) is 33.0 Å². The lowest BCUT2D eigenvalue weighted by Gasteiger charge is -2.15. The van der Waals surface area contributed by atoms with Gasteiger partial charge in [0.05, 0.1) is 11.1 Å². The molecule has 0 aliphatic carbocycles. The maximum atomic E-state index is 13.0. The second kappa shape index (κ2) is 4.68. The van der Waals surface area contributed by atoms with Gasteiger partial charge in [0.2, 0.25) is 0 Å². The quantitative estimate of drug-likeness (QED) is 0.901. The van der Waals surface area contributed by atoms with Crippen molar-refractivity contribution in [3.05, 3.63) is 29.6 Å². The summed E-state index contributed by atoms with van der Waals surface area (Å²) in [7, 11) is 0. The monoisotopic (exact) mass is 269 g/mol. The third kappa shape index (κ3) is 2.77. The van der Waals surface area contributed by atoms with Crippen LogP contribution in [-0.2, 0) is 6.18 Å². The summed E-state index contributed by atoms with van der Waals surface area (Å²) in [6.07, 6.45) is -4.42. The standard InChI is InChI=1S/C13H14F3N3/c1-7(2)17-12-9-5-4-6-10(13(14,15)16)11(9)18-8(3)19-12/h4-7H,1-3H3,(H,17,18,19). The highest BCUT2D eigenvalue weighted by Gasteiger charge is 2.33. The highest BCUT2D eigenvalue weighted by atomic mass is 19.4. The van der Waals surface area contributed by atoms with E-state index in [4.69, 9.17) is 0 Å². The number of benzene rings is 1. The van der Waals surface area contributed by atoms with Gasteiger partial charge in [0, 0.05) is 11.4 Å². The molecule has 102 valence electrons. The van der Waals surface area contributed by atoms with Crippen molar-refractivity contribution in [2.24, 2.45) is 0 Å². The first-order valence-electron chi connectivity index (χ1n) is 5.90. The molecule has 2 rings (SSSR count).